The van der Waals surface area contributed by atoms with Crippen molar-refractivity contribution >= 4 is 21.1 Å². The van der Waals surface area contributed by atoms with Crippen LogP contribution in [0.1, 0.15) is 26.7 Å². The fourth-order valence-electron chi connectivity index (χ4n) is 0.987. The number of ether oxygens (including phenoxy) is 2. The van der Waals surface area contributed by atoms with Crippen LogP contribution >= 0.6 is 0 Å². The monoisotopic (exact) mass is 280 g/mol. The Kier molecular flexibility index (Phi) is 7.58. The molecule has 12 heavy (non-hydrogen) atoms. The molecule has 0 aliphatic rings. The van der Waals surface area contributed by atoms with Crippen LogP contribution in [0.15, 0.2) is 0 Å². The molecule has 0 saturated heterocycles. The summed E-state index contributed by atoms with van der Waals surface area (Å²) >= 11 is -0.416. The molecule has 0 bridgehead atoms. The van der Waals surface area contributed by atoms with E-state index in [1.54, 1.807) is 14.2 Å². The predicted molar refractivity (Wildman–Crippen MR) is 52.8 cm³/mol. The molecular formula is C9H20O2Sn. The van der Waals surface area contributed by atoms with Gasteiger partial charge in [-0.25, -0.2) is 0 Å². The summed E-state index contributed by atoms with van der Waals surface area (Å²) in [5.74, 6) is 0. The van der Waals surface area contributed by atoms with Crippen LogP contribution in [0.5, 0.6) is 0 Å². The first-order valence-electron chi connectivity index (χ1n) is 4.47. The predicted octanol–water partition coefficient (Wildman–Crippen LogP) is 1.92. The molecule has 0 saturated carbocycles. The molecule has 0 aromatic rings. The summed E-state index contributed by atoms with van der Waals surface area (Å²) in [6.07, 6.45) is 2.66. The fraction of sp³-hybridized carbons (Fsp3) is 1.00. The molecule has 0 rings (SSSR count). The van der Waals surface area contributed by atoms with Crippen LogP contribution in [0.25, 0.3) is 0 Å². The first kappa shape index (κ1) is 12.7. The first-order valence-corrected chi connectivity index (χ1v) is 7.92. The molecule has 1 unspecified atom stereocenters. The molecule has 0 heterocycles. The van der Waals surface area contributed by atoms with Crippen LogP contribution < -0.4 is 0 Å². The molecule has 0 aliphatic heterocycles. The number of rotatable bonds is 7. The minimum absolute atomic E-state index is 0.0906. The molecule has 0 amide bonds. The van der Waals surface area contributed by atoms with Crippen molar-refractivity contribution in [3.8, 4) is 0 Å². The van der Waals surface area contributed by atoms with Crippen molar-refractivity contribution < 1.29 is 9.47 Å². The van der Waals surface area contributed by atoms with Crippen molar-refractivity contribution in [2.45, 2.75) is 34.7 Å². The molecule has 0 aromatic carbocycles. The normalized spacial score (nSPS) is 16.0. The summed E-state index contributed by atoms with van der Waals surface area (Å²) in [6.45, 7) is 5.18. The summed E-state index contributed by atoms with van der Waals surface area (Å²) < 4.78 is 12.1. The van der Waals surface area contributed by atoms with E-state index >= 15 is 0 Å². The first-order chi connectivity index (χ1) is 5.68. The zero-order valence-electron chi connectivity index (χ0n) is 8.64. The molecule has 3 heteroatoms. The molecule has 0 spiro atoms. The Bertz CT molecular complexity index is 109. The van der Waals surface area contributed by atoms with E-state index in [9.17, 15) is 0 Å². The second-order valence-corrected chi connectivity index (χ2v) is 8.60. The van der Waals surface area contributed by atoms with E-state index in [0.29, 0.717) is 0 Å². The van der Waals surface area contributed by atoms with Gasteiger partial charge < -0.3 is 0 Å². The summed E-state index contributed by atoms with van der Waals surface area (Å²) in [4.78, 5) is 0. The Labute approximate surface area is 86.2 Å². The van der Waals surface area contributed by atoms with Crippen molar-refractivity contribution in [2.75, 3.05) is 20.8 Å². The van der Waals surface area contributed by atoms with E-state index in [1.807, 2.05) is 0 Å². The third-order valence-electron chi connectivity index (χ3n) is 1.90. The average Bonchev–Trinajstić information content (AvgIpc) is 2.06. The van der Waals surface area contributed by atoms with Crippen LogP contribution in [-0.2, 0) is 9.47 Å². The van der Waals surface area contributed by atoms with Gasteiger partial charge in [0, 0.05) is 0 Å². The van der Waals surface area contributed by atoms with Crippen LogP contribution in [0.3, 0.4) is 0 Å². The van der Waals surface area contributed by atoms with Gasteiger partial charge in [0.15, 0.2) is 0 Å². The van der Waals surface area contributed by atoms with E-state index < -0.39 is 21.1 Å². The standard InChI is InChI=1S/C5H11O2.C4H9.Sn/c1-5(7-3)4-6-2;1-3-4-2;/h4H2,1-3H3;1,3-4H2,2H3;. The van der Waals surface area contributed by atoms with Gasteiger partial charge in [0.05, 0.1) is 0 Å². The quantitative estimate of drug-likeness (QED) is 0.523. The Morgan fingerprint density at radius 2 is 2.00 bits per heavy atom. The number of hydrogen-bond acceptors (Lipinski definition) is 2. The average molecular weight is 279 g/mol. The van der Waals surface area contributed by atoms with E-state index in [0.717, 1.165) is 6.61 Å². The van der Waals surface area contributed by atoms with Gasteiger partial charge >= 0.3 is 86.2 Å². The van der Waals surface area contributed by atoms with Gasteiger partial charge in [-0.1, -0.05) is 0 Å². The van der Waals surface area contributed by atoms with Crippen molar-refractivity contribution in [1.82, 2.24) is 0 Å². The molecular weight excluding hydrogens is 259 g/mol. The molecule has 0 fully saturated rings. The third-order valence-corrected chi connectivity index (χ3v) is 6.75. The molecule has 0 aliphatic carbocycles. The van der Waals surface area contributed by atoms with Crippen molar-refractivity contribution in [1.29, 1.82) is 0 Å². The van der Waals surface area contributed by atoms with Crippen LogP contribution in [0.4, 0.5) is 0 Å². The second-order valence-electron chi connectivity index (χ2n) is 3.15. The van der Waals surface area contributed by atoms with Gasteiger partial charge in [0.1, 0.15) is 0 Å². The molecule has 2 nitrogen and oxygen atoms in total. The Morgan fingerprint density at radius 3 is 2.42 bits per heavy atom. The number of hydrogen-bond donors (Lipinski definition) is 0. The second kappa shape index (κ2) is 7.15. The van der Waals surface area contributed by atoms with Gasteiger partial charge in [-0.15, -0.1) is 0 Å². The maximum absolute atomic E-state index is 5.48. The Morgan fingerprint density at radius 1 is 1.33 bits per heavy atom. The Balaban J connectivity index is 3.63. The molecule has 0 N–H and O–H groups in total. The zero-order chi connectivity index (χ0) is 9.45. The number of methoxy groups -OCH3 is 2. The van der Waals surface area contributed by atoms with E-state index in [1.165, 1.54) is 17.3 Å². The van der Waals surface area contributed by atoms with Crippen LogP contribution in [-0.4, -0.2) is 45.6 Å². The number of unbranched alkanes of at least 4 members (excludes halogenated alkanes) is 1. The van der Waals surface area contributed by atoms with Gasteiger partial charge in [-0.3, -0.25) is 0 Å². The maximum atomic E-state index is 5.48. The molecule has 1 atom stereocenters. The fourth-order valence-corrected chi connectivity index (χ4v) is 5.13. The summed E-state index contributed by atoms with van der Waals surface area (Å²) in [5, 5.41) is 0. The minimum atomic E-state index is -0.416. The molecule has 0 aromatic heterocycles. The van der Waals surface area contributed by atoms with Crippen molar-refractivity contribution in [3.05, 3.63) is 0 Å². The van der Waals surface area contributed by atoms with Crippen molar-refractivity contribution in [3.63, 3.8) is 0 Å². The SMILES string of the molecule is CCC[CH2][Sn][C](C)(COC)OC. The van der Waals surface area contributed by atoms with Crippen LogP contribution in [0.2, 0.25) is 4.44 Å². The van der Waals surface area contributed by atoms with Gasteiger partial charge in [0.25, 0.3) is 0 Å². The topological polar surface area (TPSA) is 18.5 Å². The zero-order valence-corrected chi connectivity index (χ0v) is 11.5. The van der Waals surface area contributed by atoms with E-state index in [4.69, 9.17) is 9.47 Å². The summed E-state index contributed by atoms with van der Waals surface area (Å²) in [5.41, 5.74) is 0. The Hall–Kier alpha value is 0.719. The van der Waals surface area contributed by atoms with Gasteiger partial charge in [-0.05, 0) is 0 Å². The molecule has 2 radical (unpaired) electrons. The third kappa shape index (κ3) is 5.38. The van der Waals surface area contributed by atoms with Gasteiger partial charge in [0.2, 0.25) is 0 Å². The molecule has 72 valence electrons. The summed E-state index contributed by atoms with van der Waals surface area (Å²) in [6, 6.07) is 0. The van der Waals surface area contributed by atoms with Crippen LogP contribution in [0, 0.1) is 0 Å². The van der Waals surface area contributed by atoms with E-state index in [2.05, 4.69) is 13.8 Å². The van der Waals surface area contributed by atoms with E-state index in [-0.39, 0.29) is 3.62 Å². The van der Waals surface area contributed by atoms with Crippen molar-refractivity contribution in [2.24, 2.45) is 0 Å². The van der Waals surface area contributed by atoms with Gasteiger partial charge in [-0.2, -0.15) is 0 Å². The summed E-state index contributed by atoms with van der Waals surface area (Å²) in [7, 11) is 3.54.